The van der Waals surface area contributed by atoms with Gasteiger partial charge in [-0.25, -0.2) is 23.1 Å². The maximum absolute atomic E-state index is 11.5. The summed E-state index contributed by atoms with van der Waals surface area (Å²) in [6.07, 6.45) is 1.73. The van der Waals surface area contributed by atoms with Gasteiger partial charge in [0.05, 0.1) is 11.9 Å². The predicted molar refractivity (Wildman–Crippen MR) is 111 cm³/mol. The van der Waals surface area contributed by atoms with Crippen molar-refractivity contribution in [3.8, 4) is 11.3 Å². The van der Waals surface area contributed by atoms with Crippen LogP contribution in [0.3, 0.4) is 0 Å². The van der Waals surface area contributed by atoms with Crippen LogP contribution in [0.2, 0.25) is 0 Å². The molecule has 0 saturated heterocycles. The van der Waals surface area contributed by atoms with Crippen LogP contribution in [0.5, 0.6) is 0 Å². The van der Waals surface area contributed by atoms with E-state index in [2.05, 4.69) is 64.7 Å². The highest BCUT2D eigenvalue weighted by molar-refractivity contribution is 7.91. The van der Waals surface area contributed by atoms with Gasteiger partial charge in [-0.2, -0.15) is 0 Å². The average molecular weight is 404 g/mol. The van der Waals surface area contributed by atoms with Gasteiger partial charge in [-0.15, -0.1) is 5.10 Å². The Morgan fingerprint density at radius 2 is 1.50 bits per heavy atom. The first-order valence-corrected chi connectivity index (χ1v) is 10.9. The van der Waals surface area contributed by atoms with E-state index in [1.54, 1.807) is 6.20 Å². The molecule has 2 heterocycles. The standard InChI is InChI=1S/C20H12N4O2S2/c21-28(25,26)20-23-24-10-16(22-19(24)27-20)15-8-13-6-4-11-2-1-3-12-5-7-14(9-15)18(13)17(11)12/h1-10H,(H2,21,25,26). The van der Waals surface area contributed by atoms with Crippen molar-refractivity contribution in [2.24, 2.45) is 5.14 Å². The maximum atomic E-state index is 11.5. The van der Waals surface area contributed by atoms with Gasteiger partial charge in [0, 0.05) is 5.56 Å². The fourth-order valence-corrected chi connectivity index (χ4v) is 5.34. The number of primary sulfonamides is 1. The summed E-state index contributed by atoms with van der Waals surface area (Å²) in [5.74, 6) is 0. The molecule has 28 heavy (non-hydrogen) atoms. The summed E-state index contributed by atoms with van der Waals surface area (Å²) >= 11 is 0.958. The van der Waals surface area contributed by atoms with E-state index in [1.165, 1.54) is 26.1 Å². The molecule has 0 amide bonds. The molecule has 0 fully saturated rings. The van der Waals surface area contributed by atoms with Crippen molar-refractivity contribution in [1.29, 1.82) is 0 Å². The second-order valence-electron chi connectivity index (χ2n) is 6.77. The van der Waals surface area contributed by atoms with E-state index in [0.29, 0.717) is 4.96 Å². The van der Waals surface area contributed by atoms with Gasteiger partial charge in [0.1, 0.15) is 0 Å². The summed E-state index contributed by atoms with van der Waals surface area (Å²) in [6.45, 7) is 0. The van der Waals surface area contributed by atoms with Crippen molar-refractivity contribution in [3.05, 3.63) is 60.8 Å². The number of rotatable bonds is 2. The van der Waals surface area contributed by atoms with E-state index in [-0.39, 0.29) is 4.34 Å². The van der Waals surface area contributed by atoms with Gasteiger partial charge in [0.15, 0.2) is 0 Å². The molecule has 0 aliphatic rings. The zero-order valence-corrected chi connectivity index (χ0v) is 16.0. The Balaban J connectivity index is 1.60. The number of aromatic nitrogens is 3. The van der Waals surface area contributed by atoms with Crippen molar-refractivity contribution >= 4 is 58.6 Å². The van der Waals surface area contributed by atoms with E-state index in [0.717, 1.165) is 33.4 Å². The molecule has 0 spiro atoms. The fraction of sp³-hybridized carbons (Fsp3) is 0. The normalized spacial score (nSPS) is 12.8. The quantitative estimate of drug-likeness (QED) is 0.442. The van der Waals surface area contributed by atoms with Crippen LogP contribution < -0.4 is 5.14 Å². The molecule has 6 rings (SSSR count). The second kappa shape index (κ2) is 5.26. The molecule has 0 radical (unpaired) electrons. The summed E-state index contributed by atoms with van der Waals surface area (Å²) in [7, 11) is -3.83. The van der Waals surface area contributed by atoms with Crippen LogP contribution >= 0.6 is 11.3 Å². The fourth-order valence-electron chi connectivity index (χ4n) is 3.84. The van der Waals surface area contributed by atoms with Gasteiger partial charge >= 0.3 is 0 Å². The van der Waals surface area contributed by atoms with Crippen LogP contribution in [0, 0.1) is 0 Å². The van der Waals surface area contributed by atoms with Crippen molar-refractivity contribution in [2.45, 2.75) is 4.34 Å². The lowest BCUT2D eigenvalue weighted by atomic mass is 9.92. The van der Waals surface area contributed by atoms with Crippen LogP contribution in [-0.4, -0.2) is 23.0 Å². The van der Waals surface area contributed by atoms with Crippen molar-refractivity contribution in [2.75, 3.05) is 0 Å². The smallest absolute Gasteiger partial charge is 0.223 e. The molecule has 6 aromatic rings. The Kier molecular flexibility index (Phi) is 2.99. The third-order valence-corrected chi connectivity index (χ3v) is 7.26. The van der Waals surface area contributed by atoms with E-state index in [1.807, 2.05) is 0 Å². The van der Waals surface area contributed by atoms with Gasteiger partial charge < -0.3 is 0 Å². The molecule has 0 unspecified atom stereocenters. The zero-order valence-electron chi connectivity index (χ0n) is 14.3. The van der Waals surface area contributed by atoms with Crippen LogP contribution in [-0.2, 0) is 10.0 Å². The monoisotopic (exact) mass is 404 g/mol. The van der Waals surface area contributed by atoms with Crippen LogP contribution in [0.15, 0.2) is 65.1 Å². The number of nitrogens with two attached hydrogens (primary N) is 1. The number of hydrogen-bond donors (Lipinski definition) is 1. The number of imidazole rings is 1. The third kappa shape index (κ3) is 2.19. The summed E-state index contributed by atoms with van der Waals surface area (Å²) in [5, 5.41) is 16.4. The number of hydrogen-bond acceptors (Lipinski definition) is 5. The molecule has 0 aliphatic heterocycles. The Labute approximate surface area is 163 Å². The molecule has 136 valence electrons. The van der Waals surface area contributed by atoms with Crippen LogP contribution in [0.1, 0.15) is 0 Å². The van der Waals surface area contributed by atoms with E-state index in [9.17, 15) is 8.42 Å². The molecule has 8 heteroatoms. The van der Waals surface area contributed by atoms with Gasteiger partial charge in [0.25, 0.3) is 10.0 Å². The predicted octanol–water partition coefficient (Wildman–Crippen LogP) is 4.00. The van der Waals surface area contributed by atoms with Crippen LogP contribution in [0.4, 0.5) is 0 Å². The minimum atomic E-state index is -3.83. The van der Waals surface area contributed by atoms with Gasteiger partial charge in [-0.05, 0) is 44.5 Å². The Morgan fingerprint density at radius 3 is 2.11 bits per heavy atom. The summed E-state index contributed by atoms with van der Waals surface area (Å²) in [6, 6.07) is 19.1. The van der Waals surface area contributed by atoms with E-state index >= 15 is 0 Å². The highest BCUT2D eigenvalue weighted by Gasteiger charge is 2.18. The molecule has 0 aliphatic carbocycles. The second-order valence-corrected chi connectivity index (χ2v) is 9.47. The molecule has 0 saturated carbocycles. The zero-order chi connectivity index (χ0) is 19.0. The average Bonchev–Trinajstić information content (AvgIpc) is 3.25. The Bertz CT molecular complexity index is 1550. The highest BCUT2D eigenvalue weighted by atomic mass is 32.2. The first kappa shape index (κ1) is 15.9. The van der Waals surface area contributed by atoms with Gasteiger partial charge in [0.2, 0.25) is 9.30 Å². The number of benzene rings is 4. The summed E-state index contributed by atoms with van der Waals surface area (Å²) in [4.78, 5) is 5.04. The van der Waals surface area contributed by atoms with E-state index in [4.69, 9.17) is 5.14 Å². The Hall–Kier alpha value is -3.07. The summed E-state index contributed by atoms with van der Waals surface area (Å²) < 4.78 is 24.3. The summed E-state index contributed by atoms with van der Waals surface area (Å²) in [5.41, 5.74) is 1.70. The molecule has 4 aromatic carbocycles. The maximum Gasteiger partial charge on any atom is 0.267 e. The molecule has 0 bridgehead atoms. The SMILES string of the molecule is NS(=O)(=O)c1nn2cc(-c3cc4ccc5cccc6ccc(c3)c4c56)nc2s1. The Morgan fingerprint density at radius 1 is 0.893 bits per heavy atom. The topological polar surface area (TPSA) is 90.4 Å². The largest absolute Gasteiger partial charge is 0.267 e. The number of nitrogens with zero attached hydrogens (tertiary/aromatic N) is 3. The highest BCUT2D eigenvalue weighted by Crippen LogP contribution is 2.37. The van der Waals surface area contributed by atoms with Crippen molar-refractivity contribution in [3.63, 3.8) is 0 Å². The van der Waals surface area contributed by atoms with Crippen molar-refractivity contribution < 1.29 is 8.42 Å². The van der Waals surface area contributed by atoms with E-state index < -0.39 is 10.0 Å². The minimum Gasteiger partial charge on any atom is -0.223 e. The third-order valence-electron chi connectivity index (χ3n) is 5.03. The molecule has 2 aromatic heterocycles. The first-order valence-electron chi connectivity index (χ1n) is 8.54. The number of fused-ring (bicyclic) bond motifs is 1. The van der Waals surface area contributed by atoms with Gasteiger partial charge in [-0.3, -0.25) is 0 Å². The first-order chi connectivity index (χ1) is 13.5. The molecule has 6 nitrogen and oxygen atoms in total. The lowest BCUT2D eigenvalue weighted by Gasteiger charge is -2.11. The van der Waals surface area contributed by atoms with Crippen molar-refractivity contribution in [1.82, 2.24) is 14.6 Å². The molecule has 2 N–H and O–H groups in total. The minimum absolute atomic E-state index is 0.142. The number of sulfonamides is 1. The lowest BCUT2D eigenvalue weighted by Crippen LogP contribution is -2.12. The molecular formula is C20H12N4O2S2. The van der Waals surface area contributed by atoms with Crippen LogP contribution in [0.25, 0.3) is 48.5 Å². The lowest BCUT2D eigenvalue weighted by molar-refractivity contribution is 0.595. The molecular weight excluding hydrogens is 392 g/mol. The van der Waals surface area contributed by atoms with Gasteiger partial charge in [-0.1, -0.05) is 53.8 Å². The molecule has 0 atom stereocenters.